The summed E-state index contributed by atoms with van der Waals surface area (Å²) in [6.45, 7) is 0. The molecule has 0 radical (unpaired) electrons. The number of carbonyl (C=O) groups excluding carboxylic acids is 1. The molecule has 2 aromatic carbocycles. The van der Waals surface area contributed by atoms with Crippen LogP contribution in [-0.2, 0) is 24.1 Å². The largest absolute Gasteiger partial charge is 0.464 e. The van der Waals surface area contributed by atoms with Crippen molar-refractivity contribution < 1.29 is 13.9 Å². The van der Waals surface area contributed by atoms with E-state index in [1.54, 1.807) is 36.9 Å². The minimum atomic E-state index is -0.0886. The van der Waals surface area contributed by atoms with Gasteiger partial charge in [0.2, 0.25) is 5.91 Å². The number of carbonyl (C=O) groups is 1. The summed E-state index contributed by atoms with van der Waals surface area (Å²) >= 11 is 0. The van der Waals surface area contributed by atoms with Gasteiger partial charge in [0.25, 0.3) is 0 Å². The van der Waals surface area contributed by atoms with Gasteiger partial charge in [-0.1, -0.05) is 6.07 Å². The van der Waals surface area contributed by atoms with Crippen LogP contribution in [0.2, 0.25) is 0 Å². The maximum Gasteiger partial charge on any atom is 0.228 e. The van der Waals surface area contributed by atoms with Crippen LogP contribution in [0.25, 0.3) is 11.0 Å². The van der Waals surface area contributed by atoms with E-state index in [-0.39, 0.29) is 12.3 Å². The Morgan fingerprint density at radius 1 is 1.03 bits per heavy atom. The van der Waals surface area contributed by atoms with Crippen LogP contribution in [0.3, 0.4) is 0 Å². The lowest BCUT2D eigenvalue weighted by Crippen LogP contribution is -2.14. The van der Waals surface area contributed by atoms with E-state index in [9.17, 15) is 4.79 Å². The number of aryl methyl sites for hydroxylation is 2. The quantitative estimate of drug-likeness (QED) is 0.508. The van der Waals surface area contributed by atoms with E-state index < -0.39 is 0 Å². The Bertz CT molecular complexity index is 1180. The zero-order valence-electron chi connectivity index (χ0n) is 15.9. The van der Waals surface area contributed by atoms with E-state index >= 15 is 0 Å². The van der Waals surface area contributed by atoms with Crippen LogP contribution in [0.15, 0.2) is 71.6 Å². The third kappa shape index (κ3) is 3.72. The number of fused-ring (bicyclic) bond motifs is 2. The average Bonchev–Trinajstić information content (AvgIpc) is 3.34. The lowest BCUT2D eigenvalue weighted by Gasteiger charge is -2.09. The van der Waals surface area contributed by atoms with E-state index in [0.717, 1.165) is 29.4 Å². The van der Waals surface area contributed by atoms with Crippen molar-refractivity contribution >= 4 is 22.6 Å². The highest BCUT2D eigenvalue weighted by molar-refractivity contribution is 5.95. The van der Waals surface area contributed by atoms with Gasteiger partial charge in [0.05, 0.1) is 12.7 Å². The second kappa shape index (κ2) is 7.43. The minimum absolute atomic E-state index is 0.0886. The zero-order chi connectivity index (χ0) is 19.6. The molecule has 0 spiro atoms. The molecule has 2 aromatic heterocycles. The van der Waals surface area contributed by atoms with E-state index in [0.29, 0.717) is 17.2 Å². The van der Waals surface area contributed by atoms with Gasteiger partial charge in [0.1, 0.15) is 17.1 Å². The van der Waals surface area contributed by atoms with E-state index in [1.807, 2.05) is 18.2 Å². The molecule has 5 heteroatoms. The van der Waals surface area contributed by atoms with Crippen LogP contribution in [0, 0.1) is 0 Å². The molecule has 1 aliphatic rings. The molecule has 0 atom stereocenters. The molecule has 144 valence electrons. The first-order valence-corrected chi connectivity index (χ1v) is 9.74. The first kappa shape index (κ1) is 17.5. The molecule has 0 unspecified atom stereocenters. The predicted molar refractivity (Wildman–Crippen MR) is 111 cm³/mol. The SMILES string of the molecule is O=C(Cc1coc2cc3c(cc12)CCC3)Nc1cccc(Oc2ccncc2)c1. The van der Waals surface area contributed by atoms with Gasteiger partial charge in [0.15, 0.2) is 0 Å². The fourth-order valence-electron chi connectivity index (χ4n) is 3.84. The maximum absolute atomic E-state index is 12.6. The van der Waals surface area contributed by atoms with Crippen molar-refractivity contribution in [2.24, 2.45) is 0 Å². The smallest absolute Gasteiger partial charge is 0.228 e. The van der Waals surface area contributed by atoms with Crippen molar-refractivity contribution in [3.8, 4) is 11.5 Å². The molecule has 1 amide bonds. The van der Waals surface area contributed by atoms with Crippen molar-refractivity contribution in [3.63, 3.8) is 0 Å². The Kier molecular flexibility index (Phi) is 4.48. The number of anilines is 1. The Morgan fingerprint density at radius 3 is 2.72 bits per heavy atom. The molecule has 0 saturated carbocycles. The van der Waals surface area contributed by atoms with Gasteiger partial charge >= 0.3 is 0 Å². The van der Waals surface area contributed by atoms with Crippen LogP contribution in [-0.4, -0.2) is 10.9 Å². The summed E-state index contributed by atoms with van der Waals surface area (Å²) in [4.78, 5) is 16.6. The standard InChI is InChI=1S/C24H20N2O3/c27-24(13-18-15-28-23-12-17-4-1-3-16(17)11-22(18)23)26-19-5-2-6-21(14-19)29-20-7-9-25-10-8-20/h2,5-12,14-15H,1,3-4,13H2,(H,26,27). The number of aromatic nitrogens is 1. The summed E-state index contributed by atoms with van der Waals surface area (Å²) in [5.41, 5.74) is 5.21. The zero-order valence-corrected chi connectivity index (χ0v) is 15.9. The summed E-state index contributed by atoms with van der Waals surface area (Å²) in [6, 6.07) is 15.2. The highest BCUT2D eigenvalue weighted by atomic mass is 16.5. The Hall–Kier alpha value is -3.60. The normalized spacial score (nSPS) is 12.7. The van der Waals surface area contributed by atoms with Gasteiger partial charge < -0.3 is 14.5 Å². The summed E-state index contributed by atoms with van der Waals surface area (Å²) in [7, 11) is 0. The molecule has 29 heavy (non-hydrogen) atoms. The van der Waals surface area contributed by atoms with Crippen molar-refractivity contribution in [1.29, 1.82) is 0 Å². The van der Waals surface area contributed by atoms with Crippen LogP contribution >= 0.6 is 0 Å². The van der Waals surface area contributed by atoms with Crippen LogP contribution in [0.1, 0.15) is 23.1 Å². The Morgan fingerprint density at radius 2 is 1.86 bits per heavy atom. The summed E-state index contributed by atoms with van der Waals surface area (Å²) < 4.78 is 11.5. The summed E-state index contributed by atoms with van der Waals surface area (Å²) in [5, 5.41) is 3.99. The average molecular weight is 384 g/mol. The third-order valence-electron chi connectivity index (χ3n) is 5.22. The van der Waals surface area contributed by atoms with Crippen molar-refractivity contribution in [2.45, 2.75) is 25.7 Å². The number of hydrogen-bond acceptors (Lipinski definition) is 4. The Labute approximate surface area is 168 Å². The second-order valence-corrected chi connectivity index (χ2v) is 7.27. The number of amides is 1. The second-order valence-electron chi connectivity index (χ2n) is 7.27. The molecule has 1 N–H and O–H groups in total. The molecule has 0 saturated heterocycles. The molecule has 0 bridgehead atoms. The lowest BCUT2D eigenvalue weighted by molar-refractivity contribution is -0.115. The van der Waals surface area contributed by atoms with Crippen LogP contribution < -0.4 is 10.1 Å². The molecule has 5 nitrogen and oxygen atoms in total. The number of benzene rings is 2. The number of pyridine rings is 1. The molecule has 0 fully saturated rings. The van der Waals surface area contributed by atoms with Gasteiger partial charge in [-0.05, 0) is 66.8 Å². The van der Waals surface area contributed by atoms with Gasteiger partial charge in [-0.15, -0.1) is 0 Å². The topological polar surface area (TPSA) is 64.4 Å². The first-order chi connectivity index (χ1) is 14.2. The summed E-state index contributed by atoms with van der Waals surface area (Å²) in [6.07, 6.45) is 8.71. The van der Waals surface area contributed by atoms with Gasteiger partial charge in [0, 0.05) is 35.1 Å². The monoisotopic (exact) mass is 384 g/mol. The number of ether oxygens (including phenoxy) is 1. The third-order valence-corrected chi connectivity index (χ3v) is 5.22. The predicted octanol–water partition coefficient (Wildman–Crippen LogP) is 5.29. The minimum Gasteiger partial charge on any atom is -0.464 e. The molecule has 4 aromatic rings. The van der Waals surface area contributed by atoms with Gasteiger partial charge in [-0.3, -0.25) is 9.78 Å². The molecule has 2 heterocycles. The number of nitrogens with one attached hydrogen (secondary N) is 1. The van der Waals surface area contributed by atoms with Gasteiger partial charge in [-0.2, -0.15) is 0 Å². The first-order valence-electron chi connectivity index (χ1n) is 9.74. The fourth-order valence-corrected chi connectivity index (χ4v) is 3.84. The molecule has 0 aliphatic heterocycles. The van der Waals surface area contributed by atoms with E-state index in [2.05, 4.69) is 22.4 Å². The highest BCUT2D eigenvalue weighted by Crippen LogP contribution is 2.31. The van der Waals surface area contributed by atoms with E-state index in [1.165, 1.54) is 17.5 Å². The molecular weight excluding hydrogens is 364 g/mol. The maximum atomic E-state index is 12.6. The molecule has 5 rings (SSSR count). The molecular formula is C24H20N2O3. The number of furan rings is 1. The molecule has 1 aliphatic carbocycles. The van der Waals surface area contributed by atoms with Crippen molar-refractivity contribution in [1.82, 2.24) is 4.98 Å². The fraction of sp³-hybridized carbons (Fsp3) is 0.167. The van der Waals surface area contributed by atoms with Crippen LogP contribution in [0.4, 0.5) is 5.69 Å². The van der Waals surface area contributed by atoms with Crippen LogP contribution in [0.5, 0.6) is 11.5 Å². The van der Waals surface area contributed by atoms with Crippen molar-refractivity contribution in [2.75, 3.05) is 5.32 Å². The number of hydrogen-bond donors (Lipinski definition) is 1. The van der Waals surface area contributed by atoms with E-state index in [4.69, 9.17) is 9.15 Å². The summed E-state index contributed by atoms with van der Waals surface area (Å²) in [5.74, 6) is 1.26. The van der Waals surface area contributed by atoms with Gasteiger partial charge in [-0.25, -0.2) is 0 Å². The Balaban J connectivity index is 1.30. The lowest BCUT2D eigenvalue weighted by atomic mass is 10.0. The highest BCUT2D eigenvalue weighted by Gasteiger charge is 2.17. The van der Waals surface area contributed by atoms with Crippen molar-refractivity contribution in [3.05, 3.63) is 83.9 Å². The number of rotatable bonds is 5. The number of nitrogens with zero attached hydrogens (tertiary/aromatic N) is 1.